The van der Waals surface area contributed by atoms with E-state index >= 15 is 0 Å². The summed E-state index contributed by atoms with van der Waals surface area (Å²) < 4.78 is 11.2. The minimum absolute atomic E-state index is 0. The van der Waals surface area contributed by atoms with Gasteiger partial charge in [0.15, 0.2) is 0 Å². The van der Waals surface area contributed by atoms with Crippen molar-refractivity contribution in [2.45, 2.75) is 13.0 Å². The quantitative estimate of drug-likeness (QED) is 0.314. The van der Waals surface area contributed by atoms with Crippen molar-refractivity contribution in [2.75, 3.05) is 48.1 Å². The maximum absolute atomic E-state index is 5.42. The van der Waals surface area contributed by atoms with Gasteiger partial charge in [-0.1, -0.05) is 0 Å². The maximum atomic E-state index is 5.42. The molecule has 1 unspecified atom stereocenters. The Hall–Kier alpha value is 0.610. The lowest BCUT2D eigenvalue weighted by Gasteiger charge is -2.31. The standard InChI is InChI=1S/C9H22NO2.HI/c1-9(10(2,3)4)8-12-7-6-11-5;/h9H,6-8H2,1-5H3;1H/q+1;/p-1. The Kier molecular flexibility index (Phi) is 9.83. The second-order valence-electron chi connectivity index (χ2n) is 4.03. The fourth-order valence-corrected chi connectivity index (χ4v) is 0.620. The summed E-state index contributed by atoms with van der Waals surface area (Å²) >= 11 is 0. The van der Waals surface area contributed by atoms with Gasteiger partial charge in [0.1, 0.15) is 6.04 Å². The van der Waals surface area contributed by atoms with Crippen molar-refractivity contribution in [3.63, 3.8) is 0 Å². The van der Waals surface area contributed by atoms with Crippen LogP contribution >= 0.6 is 0 Å². The molecule has 0 N–H and O–H groups in total. The molecule has 82 valence electrons. The van der Waals surface area contributed by atoms with Crippen LogP contribution in [-0.4, -0.2) is 58.6 Å². The van der Waals surface area contributed by atoms with Gasteiger partial charge >= 0.3 is 0 Å². The lowest BCUT2D eigenvalue weighted by atomic mass is 10.3. The van der Waals surface area contributed by atoms with Crippen LogP contribution in [0.4, 0.5) is 0 Å². The Morgan fingerprint density at radius 3 is 2.08 bits per heavy atom. The van der Waals surface area contributed by atoms with Crippen molar-refractivity contribution in [3.05, 3.63) is 0 Å². The van der Waals surface area contributed by atoms with Crippen molar-refractivity contribution in [1.82, 2.24) is 0 Å². The van der Waals surface area contributed by atoms with E-state index in [-0.39, 0.29) is 24.0 Å². The highest BCUT2D eigenvalue weighted by molar-refractivity contribution is 4.45. The number of likely N-dealkylation sites (N-methyl/N-ethyl adjacent to an activating group) is 1. The topological polar surface area (TPSA) is 18.5 Å². The van der Waals surface area contributed by atoms with Crippen molar-refractivity contribution < 1.29 is 37.9 Å². The van der Waals surface area contributed by atoms with Gasteiger partial charge in [0.2, 0.25) is 0 Å². The van der Waals surface area contributed by atoms with Crippen LogP contribution in [0, 0.1) is 0 Å². The van der Waals surface area contributed by atoms with E-state index in [1.54, 1.807) is 7.11 Å². The highest BCUT2D eigenvalue weighted by Crippen LogP contribution is 2.01. The third-order valence-corrected chi connectivity index (χ3v) is 2.11. The molecule has 0 radical (unpaired) electrons. The highest BCUT2D eigenvalue weighted by Gasteiger charge is 2.17. The molecule has 0 saturated carbocycles. The Labute approximate surface area is 99.0 Å². The van der Waals surface area contributed by atoms with E-state index in [1.165, 1.54) is 0 Å². The zero-order valence-corrected chi connectivity index (χ0v) is 11.5. The van der Waals surface area contributed by atoms with Crippen LogP contribution in [0.15, 0.2) is 0 Å². The number of nitrogens with zero attached hydrogens (tertiary/aromatic N) is 1. The van der Waals surface area contributed by atoms with E-state index in [0.717, 1.165) is 11.1 Å². The predicted octanol–water partition coefficient (Wildman–Crippen LogP) is -2.25. The number of hydrogen-bond acceptors (Lipinski definition) is 2. The fourth-order valence-electron chi connectivity index (χ4n) is 0.620. The molecule has 0 bridgehead atoms. The lowest BCUT2D eigenvalue weighted by Crippen LogP contribution is -3.00. The van der Waals surface area contributed by atoms with E-state index in [1.807, 2.05) is 0 Å². The Balaban J connectivity index is 0. The second kappa shape index (κ2) is 7.96. The van der Waals surface area contributed by atoms with Crippen LogP contribution < -0.4 is 24.0 Å². The first kappa shape index (κ1) is 16.1. The highest BCUT2D eigenvalue weighted by atomic mass is 127. The third kappa shape index (κ3) is 8.93. The summed E-state index contributed by atoms with van der Waals surface area (Å²) in [7, 11) is 8.20. The second-order valence-corrected chi connectivity index (χ2v) is 4.03. The molecule has 13 heavy (non-hydrogen) atoms. The van der Waals surface area contributed by atoms with Gasteiger partial charge in [0, 0.05) is 7.11 Å². The summed E-state index contributed by atoms with van der Waals surface area (Å²) in [6, 6.07) is 0.529. The molecular weight excluding hydrogens is 281 g/mol. The summed E-state index contributed by atoms with van der Waals surface area (Å²) in [4.78, 5) is 0. The van der Waals surface area contributed by atoms with Crippen LogP contribution in [0.25, 0.3) is 0 Å². The van der Waals surface area contributed by atoms with Crippen LogP contribution in [-0.2, 0) is 9.47 Å². The number of ether oxygens (including phenoxy) is 2. The molecule has 0 spiro atoms. The monoisotopic (exact) mass is 303 g/mol. The van der Waals surface area contributed by atoms with E-state index in [9.17, 15) is 0 Å². The molecule has 0 aliphatic carbocycles. The molecule has 0 amide bonds. The number of halogens is 1. The van der Waals surface area contributed by atoms with E-state index in [4.69, 9.17) is 9.47 Å². The summed E-state index contributed by atoms with van der Waals surface area (Å²) in [5, 5.41) is 0. The van der Waals surface area contributed by atoms with Crippen LogP contribution in [0.1, 0.15) is 6.92 Å². The average molecular weight is 303 g/mol. The zero-order valence-electron chi connectivity index (χ0n) is 9.34. The molecular formula is C9H22INO2. The van der Waals surface area contributed by atoms with Crippen molar-refractivity contribution in [1.29, 1.82) is 0 Å². The molecule has 0 aromatic carbocycles. The van der Waals surface area contributed by atoms with Gasteiger partial charge in [-0.05, 0) is 6.92 Å². The normalized spacial score (nSPS) is 13.6. The molecule has 3 nitrogen and oxygen atoms in total. The summed E-state index contributed by atoms with van der Waals surface area (Å²) in [6.07, 6.45) is 0. The van der Waals surface area contributed by atoms with Crippen molar-refractivity contribution >= 4 is 0 Å². The number of hydrogen-bond donors (Lipinski definition) is 0. The van der Waals surface area contributed by atoms with E-state index in [0.29, 0.717) is 19.3 Å². The van der Waals surface area contributed by atoms with Crippen LogP contribution in [0.2, 0.25) is 0 Å². The average Bonchev–Trinajstić information content (AvgIpc) is 1.96. The smallest absolute Gasteiger partial charge is 0.109 e. The Morgan fingerprint density at radius 2 is 1.69 bits per heavy atom. The molecule has 0 saturated heterocycles. The van der Waals surface area contributed by atoms with Gasteiger partial charge in [-0.15, -0.1) is 0 Å². The van der Waals surface area contributed by atoms with E-state index < -0.39 is 0 Å². The predicted molar refractivity (Wildman–Crippen MR) is 50.2 cm³/mol. The minimum Gasteiger partial charge on any atom is -1.00 e. The largest absolute Gasteiger partial charge is 1.00 e. The molecule has 4 heteroatoms. The molecule has 0 aromatic rings. The SMILES string of the molecule is COCCOCC(C)[N+](C)(C)C.[I-]. The van der Waals surface area contributed by atoms with Gasteiger partial charge in [-0.2, -0.15) is 0 Å². The molecule has 1 atom stereocenters. The minimum atomic E-state index is 0. The van der Waals surface area contributed by atoms with Gasteiger partial charge in [-0.25, -0.2) is 0 Å². The number of rotatable bonds is 6. The Morgan fingerprint density at radius 1 is 1.15 bits per heavy atom. The summed E-state index contributed by atoms with van der Waals surface area (Å²) in [6.45, 7) is 4.37. The van der Waals surface area contributed by atoms with E-state index in [2.05, 4.69) is 28.1 Å². The summed E-state index contributed by atoms with van der Waals surface area (Å²) in [5.41, 5.74) is 0. The molecule has 0 aliphatic heterocycles. The maximum Gasteiger partial charge on any atom is 0.109 e. The van der Waals surface area contributed by atoms with Crippen molar-refractivity contribution in [3.8, 4) is 0 Å². The first-order valence-corrected chi connectivity index (χ1v) is 4.36. The van der Waals surface area contributed by atoms with Gasteiger partial charge in [0.25, 0.3) is 0 Å². The van der Waals surface area contributed by atoms with Crippen LogP contribution in [0.3, 0.4) is 0 Å². The summed E-state index contributed by atoms with van der Waals surface area (Å²) in [5.74, 6) is 0. The molecule has 0 aromatic heterocycles. The first-order valence-electron chi connectivity index (χ1n) is 4.36. The van der Waals surface area contributed by atoms with Gasteiger partial charge in [-0.3, -0.25) is 0 Å². The molecule has 0 heterocycles. The number of methoxy groups -OCH3 is 1. The fraction of sp³-hybridized carbons (Fsp3) is 1.00. The third-order valence-electron chi connectivity index (χ3n) is 2.11. The Bertz CT molecular complexity index is 115. The molecule has 0 aliphatic rings. The molecule has 0 rings (SSSR count). The zero-order chi connectivity index (χ0) is 9.61. The van der Waals surface area contributed by atoms with Crippen LogP contribution in [0.5, 0.6) is 0 Å². The lowest BCUT2D eigenvalue weighted by molar-refractivity contribution is -0.894. The van der Waals surface area contributed by atoms with Crippen molar-refractivity contribution in [2.24, 2.45) is 0 Å². The first-order chi connectivity index (χ1) is 5.48. The molecule has 0 fully saturated rings. The van der Waals surface area contributed by atoms with Gasteiger partial charge < -0.3 is 37.9 Å². The number of quaternary nitrogens is 1. The van der Waals surface area contributed by atoms with Gasteiger partial charge in [0.05, 0.1) is 41.0 Å².